The number of furan rings is 1. The van der Waals surface area contributed by atoms with Crippen molar-refractivity contribution in [1.29, 1.82) is 0 Å². The van der Waals surface area contributed by atoms with Crippen LogP contribution in [0.15, 0.2) is 173 Å². The Morgan fingerprint density at radius 3 is 1.88 bits per heavy atom. The normalized spacial score (nSPS) is 16.4. The van der Waals surface area contributed by atoms with Crippen molar-refractivity contribution in [2.24, 2.45) is 4.99 Å². The van der Waals surface area contributed by atoms with E-state index in [4.69, 9.17) is 9.41 Å². The van der Waals surface area contributed by atoms with Crippen LogP contribution in [0.4, 0.5) is 0 Å². The van der Waals surface area contributed by atoms with Crippen LogP contribution in [0, 0.1) is 0 Å². The molecule has 0 saturated heterocycles. The van der Waals surface area contributed by atoms with E-state index in [1.807, 2.05) is 18.2 Å². The van der Waals surface area contributed by atoms with Gasteiger partial charge in [0.25, 0.3) is 0 Å². The predicted molar refractivity (Wildman–Crippen MR) is 209 cm³/mol. The van der Waals surface area contributed by atoms with Gasteiger partial charge in [-0.3, -0.25) is 9.88 Å². The molecule has 2 atom stereocenters. The van der Waals surface area contributed by atoms with Crippen LogP contribution in [0.1, 0.15) is 23.5 Å². The van der Waals surface area contributed by atoms with Crippen molar-refractivity contribution in [2.75, 3.05) is 0 Å². The summed E-state index contributed by atoms with van der Waals surface area (Å²) in [7, 11) is 0. The van der Waals surface area contributed by atoms with E-state index in [9.17, 15) is 0 Å². The Morgan fingerprint density at radius 2 is 1.10 bits per heavy atom. The van der Waals surface area contributed by atoms with Gasteiger partial charge in [-0.15, -0.1) is 0 Å². The molecule has 1 aliphatic heterocycles. The zero-order valence-electron chi connectivity index (χ0n) is 27.5. The van der Waals surface area contributed by atoms with E-state index in [1.54, 1.807) is 0 Å². The van der Waals surface area contributed by atoms with Gasteiger partial charge in [0, 0.05) is 44.1 Å². The Labute approximate surface area is 292 Å². The zero-order valence-corrected chi connectivity index (χ0v) is 27.5. The van der Waals surface area contributed by atoms with Crippen molar-refractivity contribution in [1.82, 2.24) is 19.8 Å². The van der Waals surface area contributed by atoms with Crippen LogP contribution in [0.2, 0.25) is 0 Å². The van der Waals surface area contributed by atoms with Gasteiger partial charge in [-0.2, -0.15) is 0 Å². The lowest BCUT2D eigenvalue weighted by Crippen LogP contribution is -2.47. The van der Waals surface area contributed by atoms with Gasteiger partial charge in [-0.05, 0) is 53.6 Å². The Morgan fingerprint density at radius 1 is 0.471 bits per heavy atom. The van der Waals surface area contributed by atoms with Crippen LogP contribution in [0.25, 0.3) is 71.2 Å². The van der Waals surface area contributed by atoms with Gasteiger partial charge >= 0.3 is 0 Å². The highest BCUT2D eigenvalue weighted by molar-refractivity contribution is 6.31. The standard InChI is InChI=1S/C45H31N5O/c1-4-14-28(15-5-1)43-46-44(29-16-6-2-7-17-29)48-45(47-43)50-37-25-24-36-41(32-21-10-12-22-35(32)49(36)30-18-8-3-9-19-30)42(37)34-26-33-31-20-11-13-23-39(31)51-40(33)27-38(34)50/h1-27,43-44,46H,(H,47,48). The van der Waals surface area contributed by atoms with Crippen molar-refractivity contribution >= 4 is 71.5 Å². The van der Waals surface area contributed by atoms with E-state index in [0.717, 1.165) is 66.6 Å². The van der Waals surface area contributed by atoms with Gasteiger partial charge in [0.15, 0.2) is 0 Å². The molecule has 0 aliphatic carbocycles. The first-order valence-corrected chi connectivity index (χ1v) is 17.4. The van der Waals surface area contributed by atoms with Gasteiger partial charge in [0.1, 0.15) is 23.5 Å². The molecule has 11 rings (SSSR count). The first kappa shape index (κ1) is 28.2. The van der Waals surface area contributed by atoms with E-state index < -0.39 is 0 Å². The minimum atomic E-state index is -0.265. The van der Waals surface area contributed by atoms with Crippen LogP contribution in [-0.2, 0) is 0 Å². The molecule has 0 fully saturated rings. The summed E-state index contributed by atoms with van der Waals surface area (Å²) in [5, 5.41) is 14.6. The smallest absolute Gasteiger partial charge is 0.206 e. The summed E-state index contributed by atoms with van der Waals surface area (Å²) in [5.74, 6) is 0.776. The summed E-state index contributed by atoms with van der Waals surface area (Å²) >= 11 is 0. The van der Waals surface area contributed by atoms with Crippen molar-refractivity contribution in [3.05, 3.63) is 175 Å². The number of nitrogens with one attached hydrogen (secondary N) is 2. The second kappa shape index (κ2) is 10.9. The first-order valence-electron chi connectivity index (χ1n) is 17.4. The number of hydrogen-bond acceptors (Lipinski definition) is 4. The van der Waals surface area contributed by atoms with E-state index in [0.29, 0.717) is 0 Å². The quantitative estimate of drug-likeness (QED) is 0.199. The van der Waals surface area contributed by atoms with E-state index in [2.05, 4.69) is 165 Å². The van der Waals surface area contributed by atoms with Crippen molar-refractivity contribution in [3.8, 4) is 5.69 Å². The number of para-hydroxylation sites is 3. The number of hydrogen-bond donors (Lipinski definition) is 2. The van der Waals surface area contributed by atoms with Crippen LogP contribution in [0.5, 0.6) is 0 Å². The maximum Gasteiger partial charge on any atom is 0.206 e. The molecular formula is C45H31N5O. The first-order chi connectivity index (χ1) is 25.3. The maximum atomic E-state index is 6.51. The number of aromatic nitrogens is 2. The molecule has 51 heavy (non-hydrogen) atoms. The molecule has 0 saturated carbocycles. The summed E-state index contributed by atoms with van der Waals surface area (Å²) in [6, 6.07) is 57.8. The van der Waals surface area contributed by atoms with Gasteiger partial charge < -0.3 is 14.3 Å². The van der Waals surface area contributed by atoms with Crippen LogP contribution < -0.4 is 10.6 Å². The second-order valence-electron chi connectivity index (χ2n) is 13.3. The van der Waals surface area contributed by atoms with Crippen LogP contribution in [0.3, 0.4) is 0 Å². The van der Waals surface area contributed by atoms with E-state index in [-0.39, 0.29) is 12.3 Å². The lowest BCUT2D eigenvalue weighted by atomic mass is 10.0. The zero-order chi connectivity index (χ0) is 33.5. The third-order valence-electron chi connectivity index (χ3n) is 10.4. The molecular weight excluding hydrogens is 627 g/mol. The minimum absolute atomic E-state index is 0.171. The summed E-state index contributed by atoms with van der Waals surface area (Å²) in [6.45, 7) is 0. The van der Waals surface area contributed by atoms with E-state index in [1.165, 1.54) is 21.7 Å². The fraction of sp³-hybridized carbons (Fsp3) is 0.0444. The highest BCUT2D eigenvalue weighted by Gasteiger charge is 2.29. The summed E-state index contributed by atoms with van der Waals surface area (Å²) in [6.07, 6.45) is -0.436. The molecule has 0 radical (unpaired) electrons. The summed E-state index contributed by atoms with van der Waals surface area (Å²) in [4.78, 5) is 5.41. The average molecular weight is 658 g/mol. The largest absolute Gasteiger partial charge is 0.456 e. The molecule has 1 aliphatic rings. The SMILES string of the molecule is c1ccc(C2N=C(n3c4cc5oc6ccccc6c5cc4c4c5c6ccccc6n(-c6ccccc6)c5ccc43)NC(c3ccccc3)N2)cc1. The molecule has 3 aromatic heterocycles. The Balaban J connectivity index is 1.27. The number of nitrogens with zero attached hydrogens (tertiary/aromatic N) is 3. The predicted octanol–water partition coefficient (Wildman–Crippen LogP) is 10.6. The van der Waals surface area contributed by atoms with Gasteiger partial charge in [-0.1, -0.05) is 115 Å². The third-order valence-corrected chi connectivity index (χ3v) is 10.4. The highest BCUT2D eigenvalue weighted by Crippen LogP contribution is 2.44. The second-order valence-corrected chi connectivity index (χ2v) is 13.3. The Kier molecular flexibility index (Phi) is 6.05. The molecule has 0 amide bonds. The lowest BCUT2D eigenvalue weighted by Gasteiger charge is -2.32. The lowest BCUT2D eigenvalue weighted by molar-refractivity contribution is 0.403. The Hall–Kier alpha value is -6.63. The molecule has 6 heteroatoms. The topological polar surface area (TPSA) is 59.4 Å². The number of benzene rings is 7. The summed E-state index contributed by atoms with van der Waals surface area (Å²) < 4.78 is 11.2. The molecule has 2 unspecified atom stereocenters. The third kappa shape index (κ3) is 4.24. The number of aliphatic imine (C=N–C) groups is 1. The van der Waals surface area contributed by atoms with Gasteiger partial charge in [0.05, 0.1) is 22.1 Å². The van der Waals surface area contributed by atoms with Crippen molar-refractivity contribution in [2.45, 2.75) is 12.3 Å². The van der Waals surface area contributed by atoms with Crippen LogP contribution in [-0.4, -0.2) is 15.1 Å². The number of rotatable bonds is 3. The van der Waals surface area contributed by atoms with Crippen molar-refractivity contribution in [3.63, 3.8) is 0 Å². The fourth-order valence-electron chi connectivity index (χ4n) is 8.15. The average Bonchev–Trinajstić information content (AvgIpc) is 3.85. The molecule has 10 aromatic rings. The summed E-state index contributed by atoms with van der Waals surface area (Å²) in [5.41, 5.74) is 9.56. The molecule has 242 valence electrons. The van der Waals surface area contributed by atoms with Crippen molar-refractivity contribution < 1.29 is 4.42 Å². The molecule has 7 aromatic carbocycles. The van der Waals surface area contributed by atoms with Gasteiger partial charge in [0.2, 0.25) is 5.96 Å². The molecule has 4 heterocycles. The minimum Gasteiger partial charge on any atom is -0.456 e. The molecule has 0 bridgehead atoms. The molecule has 2 N–H and O–H groups in total. The van der Waals surface area contributed by atoms with Crippen LogP contribution >= 0.6 is 0 Å². The highest BCUT2D eigenvalue weighted by atomic mass is 16.3. The van der Waals surface area contributed by atoms with E-state index >= 15 is 0 Å². The van der Waals surface area contributed by atoms with Gasteiger partial charge in [-0.25, -0.2) is 4.99 Å². The molecule has 0 spiro atoms. The Bertz CT molecular complexity index is 2970. The monoisotopic (exact) mass is 657 g/mol. The fourth-order valence-corrected chi connectivity index (χ4v) is 8.15. The maximum absolute atomic E-state index is 6.51. The molecule has 6 nitrogen and oxygen atoms in total. The number of fused-ring (bicyclic) bond motifs is 10.